The van der Waals surface area contributed by atoms with Crippen LogP contribution in [0.25, 0.3) is 10.9 Å². The second-order valence-electron chi connectivity index (χ2n) is 7.67. The molecule has 2 aromatic heterocycles. The lowest BCUT2D eigenvalue weighted by molar-refractivity contribution is 0.0942. The molecule has 2 heterocycles. The lowest BCUT2D eigenvalue weighted by atomic mass is 10.2. The molecule has 0 saturated heterocycles. The van der Waals surface area contributed by atoms with Gasteiger partial charge in [0.25, 0.3) is 5.91 Å². The lowest BCUT2D eigenvalue weighted by Crippen LogP contribution is -2.25. The third-order valence-corrected chi connectivity index (χ3v) is 5.40. The maximum atomic E-state index is 13.2. The zero-order chi connectivity index (χ0) is 21.6. The zero-order valence-corrected chi connectivity index (χ0v) is 17.9. The normalized spacial score (nSPS) is 11.9. The number of carbonyl (C=O) groups is 1. The number of nitrogens with one attached hydrogen (secondary N) is 1. The minimum absolute atomic E-state index is 0.103. The van der Waals surface area contributed by atoms with Gasteiger partial charge >= 0.3 is 0 Å². The van der Waals surface area contributed by atoms with Crippen molar-refractivity contribution in [2.24, 2.45) is 0 Å². The quantitative estimate of drug-likeness (QED) is 0.432. The number of hydrogen-bond acceptors (Lipinski definition) is 3. The van der Waals surface area contributed by atoms with Crippen molar-refractivity contribution >= 4 is 16.8 Å². The van der Waals surface area contributed by atoms with E-state index >= 15 is 0 Å². The van der Waals surface area contributed by atoms with Crippen molar-refractivity contribution in [3.05, 3.63) is 95.9 Å². The average Bonchev–Trinajstić information content (AvgIpc) is 3.18. The van der Waals surface area contributed by atoms with Crippen LogP contribution in [0.3, 0.4) is 0 Å². The Balaban J connectivity index is 1.71. The molecule has 1 N–H and O–H groups in total. The first-order valence-corrected chi connectivity index (χ1v) is 10.7. The van der Waals surface area contributed by atoms with Gasteiger partial charge in [0, 0.05) is 30.9 Å². The van der Waals surface area contributed by atoms with Crippen LogP contribution < -0.4 is 10.1 Å². The fourth-order valence-corrected chi connectivity index (χ4v) is 3.56. The van der Waals surface area contributed by atoms with E-state index in [0.717, 1.165) is 34.2 Å². The summed E-state index contributed by atoms with van der Waals surface area (Å²) in [4.78, 5) is 17.3. The molecule has 2 aromatic carbocycles. The molecular formula is C26H27N3O2. The van der Waals surface area contributed by atoms with E-state index in [1.165, 1.54) is 0 Å². The van der Waals surface area contributed by atoms with Crippen molar-refractivity contribution in [3.63, 3.8) is 0 Å². The summed E-state index contributed by atoms with van der Waals surface area (Å²) >= 11 is 0. The number of rotatable bonds is 8. The molecule has 158 valence electrons. The van der Waals surface area contributed by atoms with Crippen LogP contribution in [0, 0.1) is 0 Å². The van der Waals surface area contributed by atoms with E-state index in [0.29, 0.717) is 18.8 Å². The van der Waals surface area contributed by atoms with Gasteiger partial charge in [-0.25, -0.2) is 0 Å². The summed E-state index contributed by atoms with van der Waals surface area (Å²) in [7, 11) is 0. The molecule has 0 aliphatic rings. The number of ether oxygens (including phenoxy) is 1. The molecule has 0 fully saturated rings. The van der Waals surface area contributed by atoms with E-state index in [1.54, 1.807) is 12.4 Å². The number of fused-ring (bicyclic) bond motifs is 1. The third-order valence-electron chi connectivity index (χ3n) is 5.40. The van der Waals surface area contributed by atoms with Crippen molar-refractivity contribution in [3.8, 4) is 5.75 Å². The molecule has 0 bridgehead atoms. The van der Waals surface area contributed by atoms with Crippen LogP contribution in [0.2, 0.25) is 0 Å². The van der Waals surface area contributed by atoms with E-state index in [9.17, 15) is 4.79 Å². The van der Waals surface area contributed by atoms with Gasteiger partial charge in [0.15, 0.2) is 0 Å². The maximum Gasteiger partial charge on any atom is 0.268 e. The van der Waals surface area contributed by atoms with E-state index in [-0.39, 0.29) is 12.0 Å². The molecule has 0 aliphatic carbocycles. The second kappa shape index (κ2) is 9.47. The number of hydrogen-bond donors (Lipinski definition) is 1. The molecule has 5 nitrogen and oxygen atoms in total. The molecule has 1 atom stereocenters. The highest BCUT2D eigenvalue weighted by molar-refractivity contribution is 6.00. The molecule has 0 radical (unpaired) electrons. The lowest BCUT2D eigenvalue weighted by Gasteiger charge is -2.14. The van der Waals surface area contributed by atoms with Crippen molar-refractivity contribution in [1.82, 2.24) is 14.9 Å². The van der Waals surface area contributed by atoms with Crippen LogP contribution in [0.1, 0.15) is 41.9 Å². The minimum atomic E-state index is -0.120. The highest BCUT2D eigenvalue weighted by Crippen LogP contribution is 2.31. The van der Waals surface area contributed by atoms with E-state index in [4.69, 9.17) is 4.74 Å². The van der Waals surface area contributed by atoms with Gasteiger partial charge in [0.05, 0.1) is 11.6 Å². The van der Waals surface area contributed by atoms with Crippen molar-refractivity contribution in [2.75, 3.05) is 0 Å². The highest BCUT2D eigenvalue weighted by atomic mass is 16.5. The Bertz CT molecular complexity index is 1150. The zero-order valence-electron chi connectivity index (χ0n) is 17.9. The first-order chi connectivity index (χ1) is 15.2. The Morgan fingerprint density at radius 1 is 1.06 bits per heavy atom. The Labute approximate surface area is 182 Å². The highest BCUT2D eigenvalue weighted by Gasteiger charge is 2.19. The summed E-state index contributed by atoms with van der Waals surface area (Å²) in [6.07, 6.45) is 4.50. The van der Waals surface area contributed by atoms with Gasteiger partial charge in [-0.05, 0) is 48.7 Å². The summed E-state index contributed by atoms with van der Waals surface area (Å²) in [5.41, 5.74) is 3.69. The fourth-order valence-electron chi connectivity index (χ4n) is 3.56. The van der Waals surface area contributed by atoms with Crippen molar-refractivity contribution in [2.45, 2.75) is 39.5 Å². The van der Waals surface area contributed by atoms with Gasteiger partial charge < -0.3 is 14.6 Å². The number of pyridine rings is 1. The smallest absolute Gasteiger partial charge is 0.268 e. The summed E-state index contributed by atoms with van der Waals surface area (Å²) in [6, 6.07) is 21.9. The van der Waals surface area contributed by atoms with Gasteiger partial charge in [0.2, 0.25) is 0 Å². The van der Waals surface area contributed by atoms with Crippen LogP contribution in [0.4, 0.5) is 0 Å². The van der Waals surface area contributed by atoms with Crippen molar-refractivity contribution < 1.29 is 9.53 Å². The monoisotopic (exact) mass is 413 g/mol. The number of nitrogens with zero attached hydrogens (tertiary/aromatic N) is 2. The van der Waals surface area contributed by atoms with Gasteiger partial charge in [-0.2, -0.15) is 0 Å². The number of aromatic nitrogens is 2. The Kier molecular flexibility index (Phi) is 6.32. The van der Waals surface area contributed by atoms with Gasteiger partial charge in [-0.1, -0.05) is 49.4 Å². The predicted molar refractivity (Wildman–Crippen MR) is 123 cm³/mol. The molecule has 4 aromatic rings. The number of benzene rings is 2. The molecule has 31 heavy (non-hydrogen) atoms. The minimum Gasteiger partial charge on any atom is -0.490 e. The average molecular weight is 414 g/mol. The summed E-state index contributed by atoms with van der Waals surface area (Å²) in [5.74, 6) is 0.686. The number of carbonyl (C=O) groups excluding carboxylic acids is 1. The van der Waals surface area contributed by atoms with Crippen molar-refractivity contribution in [1.29, 1.82) is 0 Å². The second-order valence-corrected chi connectivity index (χ2v) is 7.67. The van der Waals surface area contributed by atoms with Crippen LogP contribution >= 0.6 is 0 Å². The first kappa shape index (κ1) is 20.7. The molecule has 1 amide bonds. The van der Waals surface area contributed by atoms with E-state index in [1.807, 2.05) is 54.6 Å². The topological polar surface area (TPSA) is 56.1 Å². The summed E-state index contributed by atoms with van der Waals surface area (Å²) in [6.45, 7) is 5.19. The molecule has 0 aliphatic heterocycles. The maximum absolute atomic E-state index is 13.2. The molecule has 0 saturated carbocycles. The molecule has 4 rings (SSSR count). The van der Waals surface area contributed by atoms with Crippen LogP contribution in [-0.2, 0) is 13.1 Å². The van der Waals surface area contributed by atoms with Gasteiger partial charge in [-0.3, -0.25) is 9.78 Å². The molecule has 0 spiro atoms. The van der Waals surface area contributed by atoms with Crippen LogP contribution in [-0.4, -0.2) is 21.6 Å². The largest absolute Gasteiger partial charge is 0.490 e. The number of amides is 1. The van der Waals surface area contributed by atoms with Crippen LogP contribution in [0.5, 0.6) is 5.75 Å². The Morgan fingerprint density at radius 3 is 2.61 bits per heavy atom. The molecular weight excluding hydrogens is 386 g/mol. The standard InChI is InChI=1S/C26H27N3O2/c1-3-19(2)31-25-13-7-12-23-22(25)15-24(29(23)18-20-9-5-4-6-10-20)26(30)28-17-21-11-8-14-27-16-21/h4-16,19H,3,17-18H2,1-2H3,(H,28,30)/t19-/m0/s1. The summed E-state index contributed by atoms with van der Waals surface area (Å²) in [5, 5.41) is 3.98. The van der Waals surface area contributed by atoms with Gasteiger partial charge in [0.1, 0.15) is 11.4 Å². The molecule has 0 unspecified atom stereocenters. The van der Waals surface area contributed by atoms with Gasteiger partial charge in [-0.15, -0.1) is 0 Å². The SMILES string of the molecule is CC[C@H](C)Oc1cccc2c1cc(C(=O)NCc1cccnc1)n2Cc1ccccc1. The Hall–Kier alpha value is -3.60. The van der Waals surface area contributed by atoms with Crippen LogP contribution in [0.15, 0.2) is 79.1 Å². The summed E-state index contributed by atoms with van der Waals surface area (Å²) < 4.78 is 8.21. The third kappa shape index (κ3) is 4.77. The van der Waals surface area contributed by atoms with E-state index < -0.39 is 0 Å². The predicted octanol–water partition coefficient (Wildman–Crippen LogP) is 5.19. The van der Waals surface area contributed by atoms with E-state index in [2.05, 4.69) is 40.8 Å². The fraction of sp³-hybridized carbons (Fsp3) is 0.231. The first-order valence-electron chi connectivity index (χ1n) is 10.7. The molecule has 5 heteroatoms. The Morgan fingerprint density at radius 2 is 1.87 bits per heavy atom.